The van der Waals surface area contributed by atoms with E-state index in [-0.39, 0.29) is 12.1 Å². The van der Waals surface area contributed by atoms with E-state index in [0.29, 0.717) is 5.56 Å². The van der Waals surface area contributed by atoms with Gasteiger partial charge in [0.25, 0.3) is 5.69 Å². The van der Waals surface area contributed by atoms with Gasteiger partial charge in [-0.25, -0.2) is 0 Å². The Bertz CT molecular complexity index is 477. The fourth-order valence-electron chi connectivity index (χ4n) is 2.17. The smallest absolute Gasteiger partial charge is 0.293 e. The normalized spacial score (nSPS) is 35.1. The predicted molar refractivity (Wildman–Crippen MR) is 65.4 cm³/mol. The number of ether oxygens (including phenoxy) is 1. The van der Waals surface area contributed by atoms with Crippen LogP contribution in [0.4, 0.5) is 5.69 Å². The molecule has 4 atom stereocenters. The quantitative estimate of drug-likeness (QED) is 0.611. The van der Waals surface area contributed by atoms with Gasteiger partial charge >= 0.3 is 0 Å². The molecule has 0 aromatic carbocycles. The molecule has 7 nitrogen and oxygen atoms in total. The molecule has 2 heterocycles. The van der Waals surface area contributed by atoms with Gasteiger partial charge in [0.15, 0.2) is 0 Å². The first-order valence-corrected chi connectivity index (χ1v) is 5.98. The Labute approximate surface area is 110 Å². The van der Waals surface area contributed by atoms with E-state index >= 15 is 0 Å². The van der Waals surface area contributed by atoms with E-state index in [4.69, 9.17) is 4.74 Å². The van der Waals surface area contributed by atoms with E-state index in [1.54, 1.807) is 6.92 Å². The van der Waals surface area contributed by atoms with Crippen LogP contribution >= 0.6 is 0 Å². The Morgan fingerprint density at radius 3 is 2.89 bits per heavy atom. The summed E-state index contributed by atoms with van der Waals surface area (Å²) in [4.78, 5) is 14.1. The maximum absolute atomic E-state index is 11.0. The monoisotopic (exact) mass is 268 g/mol. The summed E-state index contributed by atoms with van der Waals surface area (Å²) in [5.74, 6) is 0. The van der Waals surface area contributed by atoms with Gasteiger partial charge in [0.05, 0.1) is 28.8 Å². The van der Waals surface area contributed by atoms with E-state index < -0.39 is 28.8 Å². The molecule has 1 aliphatic heterocycles. The average molecular weight is 268 g/mol. The fourth-order valence-corrected chi connectivity index (χ4v) is 2.17. The van der Waals surface area contributed by atoms with Crippen molar-refractivity contribution < 1.29 is 19.9 Å². The van der Waals surface area contributed by atoms with Crippen molar-refractivity contribution in [3.05, 3.63) is 34.1 Å². The molecule has 0 spiro atoms. The van der Waals surface area contributed by atoms with E-state index in [1.165, 1.54) is 19.2 Å². The van der Waals surface area contributed by atoms with E-state index in [1.807, 2.05) is 0 Å². The molecule has 0 aliphatic carbocycles. The molecular weight excluding hydrogens is 252 g/mol. The summed E-state index contributed by atoms with van der Waals surface area (Å²) in [6.45, 7) is 3.11. The van der Waals surface area contributed by atoms with Gasteiger partial charge in [0.2, 0.25) is 0 Å². The summed E-state index contributed by atoms with van der Waals surface area (Å²) in [5.41, 5.74) is -1.15. The van der Waals surface area contributed by atoms with Crippen LogP contribution < -0.4 is 0 Å². The van der Waals surface area contributed by atoms with Crippen LogP contribution in [0.1, 0.15) is 31.9 Å². The maximum Gasteiger partial charge on any atom is 0.293 e. The summed E-state index contributed by atoms with van der Waals surface area (Å²) in [7, 11) is 0. The zero-order valence-corrected chi connectivity index (χ0v) is 10.7. The molecule has 0 amide bonds. The molecule has 2 rings (SSSR count). The molecule has 1 aliphatic rings. The van der Waals surface area contributed by atoms with E-state index in [9.17, 15) is 20.3 Å². The van der Waals surface area contributed by atoms with Crippen molar-refractivity contribution in [2.45, 2.75) is 44.2 Å². The van der Waals surface area contributed by atoms with E-state index in [0.717, 1.165) is 6.20 Å². The van der Waals surface area contributed by atoms with Crippen molar-refractivity contribution >= 4 is 5.69 Å². The van der Waals surface area contributed by atoms with Gasteiger partial charge in [0, 0.05) is 12.6 Å². The zero-order chi connectivity index (χ0) is 14.2. The van der Waals surface area contributed by atoms with Gasteiger partial charge in [-0.05, 0) is 19.9 Å². The number of aromatic nitrogens is 1. The van der Waals surface area contributed by atoms with Crippen molar-refractivity contribution in [3.63, 3.8) is 0 Å². The minimum Gasteiger partial charge on any atom is -0.390 e. The van der Waals surface area contributed by atoms with Crippen LogP contribution in [-0.2, 0) is 4.74 Å². The first-order chi connectivity index (χ1) is 8.84. The Kier molecular flexibility index (Phi) is 3.53. The average Bonchev–Trinajstić information content (AvgIpc) is 2.36. The summed E-state index contributed by atoms with van der Waals surface area (Å²) in [5, 5.41) is 30.9. The fraction of sp³-hybridized carbons (Fsp3) is 0.583. The standard InChI is InChI=1S/C12H16N2O5/c1-7-12(2,16)11(15)5-10(19-7)8-3-4-13-6-9(8)14(17)18/h3-4,6-7,10-11,15-16H,5H2,1-2H3. The molecule has 19 heavy (non-hydrogen) atoms. The summed E-state index contributed by atoms with van der Waals surface area (Å²) in [6.07, 6.45) is 0.428. The van der Waals surface area contributed by atoms with Crippen molar-refractivity contribution in [1.82, 2.24) is 4.98 Å². The number of nitro groups is 1. The Balaban J connectivity index is 2.32. The Morgan fingerprint density at radius 2 is 2.32 bits per heavy atom. The maximum atomic E-state index is 11.0. The SMILES string of the molecule is CC1OC(c2ccncc2[N+](=O)[O-])CC(O)C1(C)O. The molecule has 104 valence electrons. The van der Waals surface area contributed by atoms with Gasteiger partial charge in [0.1, 0.15) is 11.8 Å². The number of hydrogen-bond donors (Lipinski definition) is 2. The Hall–Kier alpha value is -1.57. The Morgan fingerprint density at radius 1 is 1.63 bits per heavy atom. The molecule has 0 bridgehead atoms. The minimum absolute atomic E-state index is 0.0994. The van der Waals surface area contributed by atoms with Crippen molar-refractivity contribution in [2.24, 2.45) is 0 Å². The number of pyridine rings is 1. The van der Waals surface area contributed by atoms with Crippen molar-refractivity contribution in [3.8, 4) is 0 Å². The van der Waals surface area contributed by atoms with Gasteiger partial charge < -0.3 is 14.9 Å². The molecule has 7 heteroatoms. The number of rotatable bonds is 2. The van der Waals surface area contributed by atoms with Gasteiger partial charge in [-0.3, -0.25) is 15.1 Å². The highest BCUT2D eigenvalue weighted by atomic mass is 16.6. The second kappa shape index (κ2) is 4.84. The molecule has 0 saturated carbocycles. The van der Waals surface area contributed by atoms with Crippen LogP contribution in [0.15, 0.2) is 18.5 Å². The largest absolute Gasteiger partial charge is 0.390 e. The molecule has 1 aromatic heterocycles. The van der Waals surface area contributed by atoms with Crippen LogP contribution in [0.5, 0.6) is 0 Å². The van der Waals surface area contributed by atoms with Gasteiger partial charge in [-0.15, -0.1) is 0 Å². The number of hydrogen-bond acceptors (Lipinski definition) is 6. The third-order valence-electron chi connectivity index (χ3n) is 3.68. The topological polar surface area (TPSA) is 106 Å². The molecule has 1 saturated heterocycles. The first kappa shape index (κ1) is 13.9. The summed E-state index contributed by atoms with van der Waals surface area (Å²) >= 11 is 0. The number of aliphatic hydroxyl groups is 2. The lowest BCUT2D eigenvalue weighted by Crippen LogP contribution is -2.54. The second-order valence-corrected chi connectivity index (χ2v) is 4.94. The van der Waals surface area contributed by atoms with Crippen molar-refractivity contribution in [1.29, 1.82) is 0 Å². The third kappa shape index (κ3) is 2.44. The summed E-state index contributed by atoms with van der Waals surface area (Å²) < 4.78 is 5.61. The predicted octanol–water partition coefficient (Wildman–Crippen LogP) is 0.952. The molecule has 2 N–H and O–H groups in total. The highest BCUT2D eigenvalue weighted by Crippen LogP contribution is 2.39. The number of nitrogens with zero attached hydrogens (tertiary/aromatic N) is 2. The van der Waals surface area contributed by atoms with Crippen LogP contribution in [0.3, 0.4) is 0 Å². The van der Waals surface area contributed by atoms with Crippen LogP contribution in [0, 0.1) is 10.1 Å². The lowest BCUT2D eigenvalue weighted by atomic mass is 9.84. The zero-order valence-electron chi connectivity index (χ0n) is 10.7. The van der Waals surface area contributed by atoms with E-state index in [2.05, 4.69) is 4.98 Å². The molecule has 0 radical (unpaired) electrons. The van der Waals surface area contributed by atoms with Crippen molar-refractivity contribution in [2.75, 3.05) is 0 Å². The number of aliphatic hydroxyl groups excluding tert-OH is 1. The molecule has 1 aromatic rings. The minimum atomic E-state index is -1.36. The lowest BCUT2D eigenvalue weighted by Gasteiger charge is -2.42. The highest BCUT2D eigenvalue weighted by molar-refractivity contribution is 5.39. The van der Waals surface area contributed by atoms with Gasteiger partial charge in [-0.1, -0.05) is 0 Å². The molecule has 1 fully saturated rings. The van der Waals surface area contributed by atoms with Gasteiger partial charge in [-0.2, -0.15) is 0 Å². The van der Waals surface area contributed by atoms with Crippen LogP contribution in [0.25, 0.3) is 0 Å². The molecular formula is C12H16N2O5. The summed E-state index contributed by atoms with van der Waals surface area (Å²) in [6, 6.07) is 1.50. The second-order valence-electron chi connectivity index (χ2n) is 4.94. The lowest BCUT2D eigenvalue weighted by molar-refractivity contribution is -0.387. The third-order valence-corrected chi connectivity index (χ3v) is 3.68. The van der Waals surface area contributed by atoms with Crippen LogP contribution in [-0.4, -0.2) is 37.9 Å². The molecule has 4 unspecified atom stereocenters. The highest BCUT2D eigenvalue weighted by Gasteiger charge is 2.45. The first-order valence-electron chi connectivity index (χ1n) is 5.98. The van der Waals surface area contributed by atoms with Crippen LogP contribution in [0.2, 0.25) is 0 Å².